The molecule has 2 aliphatic carbocycles. The van der Waals surface area contributed by atoms with Crippen molar-refractivity contribution in [1.82, 2.24) is 10.6 Å². The Hall–Kier alpha value is -3.39. The fourth-order valence-corrected chi connectivity index (χ4v) is 5.26. The van der Waals surface area contributed by atoms with Gasteiger partial charge in [0.25, 0.3) is 0 Å². The van der Waals surface area contributed by atoms with Gasteiger partial charge in [-0.15, -0.1) is 0 Å². The van der Waals surface area contributed by atoms with E-state index < -0.39 is 18.2 Å². The van der Waals surface area contributed by atoms with Crippen LogP contribution in [0.15, 0.2) is 48.5 Å². The van der Waals surface area contributed by atoms with Gasteiger partial charge in [0.2, 0.25) is 5.91 Å². The van der Waals surface area contributed by atoms with Gasteiger partial charge < -0.3 is 25.2 Å². The third-order valence-corrected chi connectivity index (χ3v) is 7.26. The number of carboxylic acids is 1. The summed E-state index contributed by atoms with van der Waals surface area (Å²) in [7, 11) is 0. The Bertz CT molecular complexity index is 1070. The molecule has 5 rings (SSSR count). The predicted octanol–water partition coefficient (Wildman–Crippen LogP) is 3.30. The number of fused-ring (bicyclic) bond motifs is 3. The molecule has 3 unspecified atom stereocenters. The molecule has 0 radical (unpaired) electrons. The lowest BCUT2D eigenvalue weighted by Crippen LogP contribution is -2.42. The van der Waals surface area contributed by atoms with E-state index in [1.807, 2.05) is 24.3 Å². The SMILES string of the molecule is O=C(CC(NC(=O)OCC1c2ccccc2-c2ccccc21)C1CC1)NCC1CCOC1C(=O)O. The van der Waals surface area contributed by atoms with Crippen molar-refractivity contribution >= 4 is 18.0 Å². The smallest absolute Gasteiger partial charge is 0.407 e. The molecular weight excluding hydrogens is 448 g/mol. The lowest BCUT2D eigenvalue weighted by atomic mass is 9.98. The van der Waals surface area contributed by atoms with E-state index in [2.05, 4.69) is 34.9 Å². The third kappa shape index (κ3) is 5.17. The van der Waals surface area contributed by atoms with Gasteiger partial charge in [-0.25, -0.2) is 9.59 Å². The van der Waals surface area contributed by atoms with E-state index in [-0.39, 0.29) is 49.3 Å². The summed E-state index contributed by atoms with van der Waals surface area (Å²) >= 11 is 0. The van der Waals surface area contributed by atoms with Crippen molar-refractivity contribution in [3.8, 4) is 11.1 Å². The Morgan fingerprint density at radius 1 is 1.00 bits per heavy atom. The van der Waals surface area contributed by atoms with Crippen molar-refractivity contribution in [2.24, 2.45) is 11.8 Å². The quantitative estimate of drug-likeness (QED) is 0.510. The van der Waals surface area contributed by atoms with Crippen molar-refractivity contribution in [2.45, 2.75) is 43.7 Å². The number of alkyl carbamates (subject to hydrolysis) is 1. The highest BCUT2D eigenvalue weighted by Gasteiger charge is 2.37. The lowest BCUT2D eigenvalue weighted by molar-refractivity contribution is -0.149. The normalized spacial score (nSPS) is 21.6. The van der Waals surface area contributed by atoms with Crippen molar-refractivity contribution in [2.75, 3.05) is 19.8 Å². The van der Waals surface area contributed by atoms with Crippen LogP contribution < -0.4 is 10.6 Å². The maximum atomic E-state index is 12.7. The molecule has 0 bridgehead atoms. The zero-order valence-corrected chi connectivity index (χ0v) is 19.4. The summed E-state index contributed by atoms with van der Waals surface area (Å²) in [4.78, 5) is 36.5. The number of rotatable bonds is 9. The fourth-order valence-electron chi connectivity index (χ4n) is 5.26. The van der Waals surface area contributed by atoms with Crippen molar-refractivity contribution in [3.63, 3.8) is 0 Å². The Morgan fingerprint density at radius 3 is 2.29 bits per heavy atom. The van der Waals surface area contributed by atoms with Gasteiger partial charge in [-0.1, -0.05) is 48.5 Å². The Balaban J connectivity index is 1.14. The van der Waals surface area contributed by atoms with Gasteiger partial charge in [-0.3, -0.25) is 4.79 Å². The molecule has 0 spiro atoms. The average Bonchev–Trinajstić information content (AvgIpc) is 3.51. The molecule has 2 fully saturated rings. The van der Waals surface area contributed by atoms with Crippen LogP contribution in [0, 0.1) is 11.8 Å². The van der Waals surface area contributed by atoms with Gasteiger partial charge in [-0.05, 0) is 47.4 Å². The second-order valence-corrected chi connectivity index (χ2v) is 9.60. The van der Waals surface area contributed by atoms with E-state index in [0.717, 1.165) is 24.0 Å². The molecule has 2 aromatic carbocycles. The third-order valence-electron chi connectivity index (χ3n) is 7.26. The summed E-state index contributed by atoms with van der Waals surface area (Å²) in [5.41, 5.74) is 4.63. The van der Waals surface area contributed by atoms with Crippen LogP contribution in [0.1, 0.15) is 42.7 Å². The van der Waals surface area contributed by atoms with Gasteiger partial charge in [-0.2, -0.15) is 0 Å². The van der Waals surface area contributed by atoms with Gasteiger partial charge in [0.05, 0.1) is 0 Å². The zero-order valence-electron chi connectivity index (χ0n) is 19.4. The minimum atomic E-state index is -1.01. The summed E-state index contributed by atoms with van der Waals surface area (Å²) in [5.74, 6) is -1.23. The molecule has 1 saturated heterocycles. The van der Waals surface area contributed by atoms with Crippen LogP contribution in [0.2, 0.25) is 0 Å². The molecular formula is C27H30N2O6. The molecule has 3 atom stereocenters. The average molecular weight is 479 g/mol. The molecule has 3 N–H and O–H groups in total. The first kappa shape index (κ1) is 23.4. The predicted molar refractivity (Wildman–Crippen MR) is 128 cm³/mol. The minimum Gasteiger partial charge on any atom is -0.479 e. The molecule has 8 heteroatoms. The van der Waals surface area contributed by atoms with Crippen molar-refractivity contribution in [1.29, 1.82) is 0 Å². The molecule has 0 aromatic heterocycles. The van der Waals surface area contributed by atoms with Crippen LogP contribution in [-0.4, -0.2) is 55.0 Å². The fraction of sp³-hybridized carbons (Fsp3) is 0.444. The maximum absolute atomic E-state index is 12.7. The van der Waals surface area contributed by atoms with Gasteiger partial charge >= 0.3 is 12.1 Å². The first-order valence-electron chi connectivity index (χ1n) is 12.2. The maximum Gasteiger partial charge on any atom is 0.407 e. The summed E-state index contributed by atoms with van der Waals surface area (Å²) < 4.78 is 10.9. The summed E-state index contributed by atoms with van der Waals surface area (Å²) in [6, 6.07) is 16.0. The number of ether oxygens (including phenoxy) is 2. The van der Waals surface area contributed by atoms with Crippen LogP contribution in [0.5, 0.6) is 0 Å². The molecule has 184 valence electrons. The molecule has 1 saturated carbocycles. The number of carboxylic acid groups (broad SMARTS) is 1. The van der Waals surface area contributed by atoms with Crippen LogP contribution in [-0.2, 0) is 19.1 Å². The van der Waals surface area contributed by atoms with Gasteiger partial charge in [0.15, 0.2) is 6.10 Å². The van der Waals surface area contributed by atoms with Crippen LogP contribution in [0.4, 0.5) is 4.79 Å². The molecule has 1 heterocycles. The first-order valence-corrected chi connectivity index (χ1v) is 12.2. The lowest BCUT2D eigenvalue weighted by Gasteiger charge is -2.20. The Labute approximate surface area is 204 Å². The number of benzene rings is 2. The van der Waals surface area contributed by atoms with Gasteiger partial charge in [0.1, 0.15) is 6.61 Å². The van der Waals surface area contributed by atoms with E-state index in [1.165, 1.54) is 11.1 Å². The highest BCUT2D eigenvalue weighted by Crippen LogP contribution is 2.44. The summed E-state index contributed by atoms with van der Waals surface area (Å²) in [6.07, 6.45) is 1.25. The van der Waals surface area contributed by atoms with Crippen LogP contribution in [0.3, 0.4) is 0 Å². The molecule has 2 amide bonds. The molecule has 35 heavy (non-hydrogen) atoms. The highest BCUT2D eigenvalue weighted by molar-refractivity contribution is 5.80. The van der Waals surface area contributed by atoms with Crippen molar-refractivity contribution < 1.29 is 29.0 Å². The number of nitrogens with one attached hydrogen (secondary N) is 2. The van der Waals surface area contributed by atoms with Crippen molar-refractivity contribution in [3.05, 3.63) is 59.7 Å². The van der Waals surface area contributed by atoms with Crippen LogP contribution >= 0.6 is 0 Å². The first-order chi connectivity index (χ1) is 17.0. The zero-order chi connectivity index (χ0) is 24.4. The number of hydrogen-bond donors (Lipinski definition) is 3. The van der Waals surface area contributed by atoms with Crippen LogP contribution in [0.25, 0.3) is 11.1 Å². The number of hydrogen-bond acceptors (Lipinski definition) is 5. The molecule has 8 nitrogen and oxygen atoms in total. The number of amides is 2. The number of aliphatic carboxylic acids is 1. The van der Waals surface area contributed by atoms with Gasteiger partial charge in [0, 0.05) is 37.5 Å². The van der Waals surface area contributed by atoms with E-state index in [0.29, 0.717) is 13.0 Å². The second kappa shape index (κ2) is 10.1. The van der Waals surface area contributed by atoms with E-state index in [9.17, 15) is 19.5 Å². The topological polar surface area (TPSA) is 114 Å². The van der Waals surface area contributed by atoms with E-state index >= 15 is 0 Å². The summed E-state index contributed by atoms with van der Waals surface area (Å²) in [5, 5.41) is 14.9. The standard InChI is InChI=1S/C27H30N2O6/c30-24(28-14-17-11-12-34-25(17)26(31)32)13-23(16-9-10-16)29-27(33)35-15-22-20-7-3-1-5-18(20)19-6-2-4-8-21(19)22/h1-8,16-17,22-23,25H,9-15H2,(H,28,30)(H,29,33)(H,31,32). The molecule has 2 aromatic rings. The molecule has 1 aliphatic heterocycles. The second-order valence-electron chi connectivity index (χ2n) is 9.60. The Kier molecular flexibility index (Phi) is 6.72. The minimum absolute atomic E-state index is 0.0216. The highest BCUT2D eigenvalue weighted by atomic mass is 16.5. The molecule has 3 aliphatic rings. The monoisotopic (exact) mass is 478 g/mol. The largest absolute Gasteiger partial charge is 0.479 e. The van der Waals surface area contributed by atoms with E-state index in [1.54, 1.807) is 0 Å². The Morgan fingerprint density at radius 2 is 1.66 bits per heavy atom. The summed E-state index contributed by atoms with van der Waals surface area (Å²) in [6.45, 7) is 0.853. The van der Waals surface area contributed by atoms with E-state index in [4.69, 9.17) is 9.47 Å². The number of carbonyl (C=O) groups is 3. The number of carbonyl (C=O) groups excluding carboxylic acids is 2.